The van der Waals surface area contributed by atoms with Gasteiger partial charge in [0.2, 0.25) is 0 Å². The minimum absolute atomic E-state index is 0.374. The van der Waals surface area contributed by atoms with Gasteiger partial charge in [0.25, 0.3) is 0 Å². The molecule has 0 saturated heterocycles. The molecule has 98 valence electrons. The Morgan fingerprint density at radius 2 is 1.89 bits per heavy atom. The van der Waals surface area contributed by atoms with E-state index in [1.165, 1.54) is 12.7 Å². The number of ether oxygens (including phenoxy) is 2. The van der Waals surface area contributed by atoms with Crippen LogP contribution in [0.1, 0.15) is 30.1 Å². The van der Waals surface area contributed by atoms with E-state index in [-0.39, 0.29) is 5.97 Å². The number of esters is 1. The monoisotopic (exact) mass is 248 g/mol. The van der Waals surface area contributed by atoms with Gasteiger partial charge in [-0.2, -0.15) is 0 Å². The van der Waals surface area contributed by atoms with Gasteiger partial charge in [0.15, 0.2) is 0 Å². The lowest BCUT2D eigenvalue weighted by Gasteiger charge is -1.96. The molecule has 0 aromatic heterocycles. The number of rotatable bonds is 6. The molecule has 3 heteroatoms. The number of carbonyl (C=O) groups excluding carboxylic acids is 1. The van der Waals surface area contributed by atoms with E-state index >= 15 is 0 Å². The van der Waals surface area contributed by atoms with E-state index in [2.05, 4.69) is 24.8 Å². The van der Waals surface area contributed by atoms with Crippen LogP contribution in [0.25, 0.3) is 0 Å². The summed E-state index contributed by atoms with van der Waals surface area (Å²) in [4.78, 5) is 11.0. The first-order chi connectivity index (χ1) is 8.76. The van der Waals surface area contributed by atoms with Crippen molar-refractivity contribution >= 4 is 5.97 Å². The van der Waals surface area contributed by atoms with Gasteiger partial charge in [-0.05, 0) is 18.6 Å². The van der Waals surface area contributed by atoms with Crippen molar-refractivity contribution < 1.29 is 14.3 Å². The second kappa shape index (κ2) is 11.5. The normalized spacial score (nSPS) is 8.50. The molecule has 0 atom stereocenters. The molecule has 0 radical (unpaired) electrons. The molecular formula is C15H20O3. The van der Waals surface area contributed by atoms with E-state index in [0.717, 1.165) is 19.3 Å². The summed E-state index contributed by atoms with van der Waals surface area (Å²) in [6.45, 7) is 9.64. The Morgan fingerprint density at radius 3 is 2.39 bits per heavy atom. The lowest BCUT2D eigenvalue weighted by molar-refractivity contribution is 0.0664. The van der Waals surface area contributed by atoms with Crippen LogP contribution in [0.15, 0.2) is 56.0 Å². The molecule has 0 aliphatic carbocycles. The summed E-state index contributed by atoms with van der Waals surface area (Å²) in [5, 5.41) is 0. The maximum absolute atomic E-state index is 11.0. The molecule has 0 fully saturated rings. The SMILES string of the molecule is C=COC(=O)c1ccccc1.C=COCCCC. The Hall–Kier alpha value is -2.03. The smallest absolute Gasteiger partial charge is 0.342 e. The molecule has 0 spiro atoms. The van der Waals surface area contributed by atoms with E-state index < -0.39 is 0 Å². The van der Waals surface area contributed by atoms with E-state index in [0.29, 0.717) is 5.56 Å². The predicted octanol–water partition coefficient (Wildman–Crippen LogP) is 3.93. The summed E-state index contributed by atoms with van der Waals surface area (Å²) in [5.41, 5.74) is 0.535. The molecule has 0 amide bonds. The van der Waals surface area contributed by atoms with Crippen LogP contribution < -0.4 is 0 Å². The molecule has 0 aliphatic heterocycles. The highest BCUT2D eigenvalue weighted by molar-refractivity contribution is 5.89. The average Bonchev–Trinajstić information content (AvgIpc) is 2.41. The summed E-state index contributed by atoms with van der Waals surface area (Å²) >= 11 is 0. The van der Waals surface area contributed by atoms with E-state index in [1.807, 2.05) is 6.07 Å². The first-order valence-corrected chi connectivity index (χ1v) is 5.85. The highest BCUT2D eigenvalue weighted by atomic mass is 16.5. The topological polar surface area (TPSA) is 35.5 Å². The standard InChI is InChI=1S/C9H8O2.C6H12O/c1-2-11-9(10)8-6-4-3-5-7-8;1-3-5-6-7-4-2/h2-7H,1H2;4H,2-3,5-6H2,1H3. The maximum atomic E-state index is 11.0. The molecule has 0 heterocycles. The minimum atomic E-state index is -0.374. The van der Waals surface area contributed by atoms with Crippen molar-refractivity contribution in [2.75, 3.05) is 6.61 Å². The van der Waals surface area contributed by atoms with Gasteiger partial charge in [0.05, 0.1) is 24.7 Å². The zero-order valence-corrected chi connectivity index (χ0v) is 10.8. The third-order valence-electron chi connectivity index (χ3n) is 1.93. The first kappa shape index (κ1) is 16.0. The number of hydrogen-bond donors (Lipinski definition) is 0. The minimum Gasteiger partial charge on any atom is -0.502 e. The van der Waals surface area contributed by atoms with E-state index in [9.17, 15) is 4.79 Å². The Labute approximate surface area is 109 Å². The van der Waals surface area contributed by atoms with Crippen LogP contribution >= 0.6 is 0 Å². The maximum Gasteiger partial charge on any atom is 0.342 e. The first-order valence-electron chi connectivity index (χ1n) is 5.85. The summed E-state index contributed by atoms with van der Waals surface area (Å²) in [5.74, 6) is -0.374. The number of carbonyl (C=O) groups is 1. The van der Waals surface area contributed by atoms with Crippen LogP contribution in [0.4, 0.5) is 0 Å². The molecule has 0 unspecified atom stereocenters. The van der Waals surface area contributed by atoms with Crippen LogP contribution in [0.3, 0.4) is 0 Å². The summed E-state index contributed by atoms with van der Waals surface area (Å²) in [7, 11) is 0. The molecule has 1 rings (SSSR count). The van der Waals surface area contributed by atoms with Crippen molar-refractivity contribution in [2.24, 2.45) is 0 Å². The van der Waals surface area contributed by atoms with Gasteiger partial charge < -0.3 is 9.47 Å². The molecule has 1 aromatic rings. The predicted molar refractivity (Wildman–Crippen MR) is 73.1 cm³/mol. The fourth-order valence-electron chi connectivity index (χ4n) is 1.03. The van der Waals surface area contributed by atoms with Crippen molar-refractivity contribution in [1.82, 2.24) is 0 Å². The average molecular weight is 248 g/mol. The highest BCUT2D eigenvalue weighted by Gasteiger charge is 2.01. The van der Waals surface area contributed by atoms with Gasteiger partial charge in [-0.15, -0.1) is 0 Å². The van der Waals surface area contributed by atoms with Gasteiger partial charge in [0.1, 0.15) is 0 Å². The molecule has 18 heavy (non-hydrogen) atoms. The molecule has 0 saturated carbocycles. The Morgan fingerprint density at radius 1 is 1.22 bits per heavy atom. The van der Waals surface area contributed by atoms with Gasteiger partial charge in [0, 0.05) is 0 Å². The van der Waals surface area contributed by atoms with Crippen LogP contribution in [0, 0.1) is 0 Å². The van der Waals surface area contributed by atoms with Gasteiger partial charge in [-0.25, -0.2) is 4.79 Å². The van der Waals surface area contributed by atoms with Crippen LogP contribution in [-0.2, 0) is 9.47 Å². The van der Waals surface area contributed by atoms with Gasteiger partial charge >= 0.3 is 5.97 Å². The largest absolute Gasteiger partial charge is 0.502 e. The number of hydrogen-bond acceptors (Lipinski definition) is 3. The third kappa shape index (κ3) is 8.16. The lowest BCUT2D eigenvalue weighted by atomic mass is 10.2. The third-order valence-corrected chi connectivity index (χ3v) is 1.93. The molecule has 0 aliphatic rings. The Kier molecular flexibility index (Phi) is 10.2. The summed E-state index contributed by atoms with van der Waals surface area (Å²) in [6.07, 6.45) is 4.92. The molecule has 3 nitrogen and oxygen atoms in total. The Balaban J connectivity index is 0.000000360. The van der Waals surface area contributed by atoms with Crippen molar-refractivity contribution in [2.45, 2.75) is 19.8 Å². The molecule has 0 N–H and O–H groups in total. The highest BCUT2D eigenvalue weighted by Crippen LogP contribution is 2.00. The molecular weight excluding hydrogens is 228 g/mol. The lowest BCUT2D eigenvalue weighted by Crippen LogP contribution is -1.98. The fourth-order valence-corrected chi connectivity index (χ4v) is 1.03. The van der Waals surface area contributed by atoms with Crippen molar-refractivity contribution in [1.29, 1.82) is 0 Å². The van der Waals surface area contributed by atoms with Crippen LogP contribution in [0.5, 0.6) is 0 Å². The van der Waals surface area contributed by atoms with E-state index in [1.54, 1.807) is 24.3 Å². The van der Waals surface area contributed by atoms with E-state index in [4.69, 9.17) is 4.74 Å². The summed E-state index contributed by atoms with van der Waals surface area (Å²) in [6, 6.07) is 8.77. The van der Waals surface area contributed by atoms with Crippen LogP contribution in [0.2, 0.25) is 0 Å². The van der Waals surface area contributed by atoms with Crippen molar-refractivity contribution in [3.8, 4) is 0 Å². The van der Waals surface area contributed by atoms with Crippen molar-refractivity contribution in [3.05, 3.63) is 61.6 Å². The number of unbranched alkanes of at least 4 members (excludes halogenated alkanes) is 1. The second-order valence-corrected chi connectivity index (χ2v) is 3.33. The molecule has 0 bridgehead atoms. The fraction of sp³-hybridized carbons (Fsp3) is 0.267. The summed E-state index contributed by atoms with van der Waals surface area (Å²) < 4.78 is 9.39. The zero-order valence-electron chi connectivity index (χ0n) is 10.8. The second-order valence-electron chi connectivity index (χ2n) is 3.33. The quantitative estimate of drug-likeness (QED) is 0.434. The number of benzene rings is 1. The van der Waals surface area contributed by atoms with Crippen LogP contribution in [-0.4, -0.2) is 12.6 Å². The zero-order chi connectivity index (χ0) is 13.6. The Bertz CT molecular complexity index is 344. The van der Waals surface area contributed by atoms with Gasteiger partial charge in [-0.1, -0.05) is 44.7 Å². The van der Waals surface area contributed by atoms with Gasteiger partial charge in [-0.3, -0.25) is 0 Å². The van der Waals surface area contributed by atoms with Crippen molar-refractivity contribution in [3.63, 3.8) is 0 Å². The molecule has 1 aromatic carbocycles.